The van der Waals surface area contributed by atoms with E-state index in [9.17, 15) is 4.79 Å². The van der Waals surface area contributed by atoms with Gasteiger partial charge in [-0.25, -0.2) is 0 Å². The SMILES string of the molecule is C#Cc1cccc(Oc2ccccc2NC(=O)CCl)c1. The maximum atomic E-state index is 11.4. The largest absolute Gasteiger partial charge is 0.455 e. The zero-order valence-corrected chi connectivity index (χ0v) is 11.4. The number of benzene rings is 2. The Morgan fingerprint density at radius 2 is 2.05 bits per heavy atom. The number of hydrogen-bond donors (Lipinski definition) is 1. The summed E-state index contributed by atoms with van der Waals surface area (Å²) in [7, 11) is 0. The summed E-state index contributed by atoms with van der Waals surface area (Å²) in [5.74, 6) is 3.27. The molecule has 0 aliphatic heterocycles. The first-order valence-corrected chi connectivity index (χ1v) is 6.46. The van der Waals surface area contributed by atoms with Crippen LogP contribution in [0.3, 0.4) is 0 Å². The lowest BCUT2D eigenvalue weighted by Gasteiger charge is -2.11. The van der Waals surface area contributed by atoms with Crippen LogP contribution in [0.4, 0.5) is 5.69 Å². The Hall–Kier alpha value is -2.44. The molecule has 0 bridgehead atoms. The number of amides is 1. The van der Waals surface area contributed by atoms with Gasteiger partial charge in [0.1, 0.15) is 11.6 Å². The molecule has 1 amide bonds. The van der Waals surface area contributed by atoms with E-state index in [-0.39, 0.29) is 11.8 Å². The van der Waals surface area contributed by atoms with Crippen LogP contribution < -0.4 is 10.1 Å². The monoisotopic (exact) mass is 285 g/mol. The molecule has 3 nitrogen and oxygen atoms in total. The second kappa shape index (κ2) is 6.65. The summed E-state index contributed by atoms with van der Waals surface area (Å²) in [5, 5.41) is 2.67. The number of rotatable bonds is 4. The predicted octanol–water partition coefficient (Wildman–Crippen LogP) is 3.64. The van der Waals surface area contributed by atoms with Crippen LogP contribution in [0.2, 0.25) is 0 Å². The third-order valence-corrected chi connectivity index (χ3v) is 2.75. The van der Waals surface area contributed by atoms with Crippen molar-refractivity contribution in [1.82, 2.24) is 0 Å². The summed E-state index contributed by atoms with van der Waals surface area (Å²) in [5.41, 5.74) is 1.29. The zero-order valence-electron chi connectivity index (χ0n) is 10.6. The van der Waals surface area contributed by atoms with Crippen molar-refractivity contribution in [2.75, 3.05) is 11.2 Å². The molecular weight excluding hydrogens is 274 g/mol. The summed E-state index contributed by atoms with van der Waals surface area (Å²) in [4.78, 5) is 11.4. The van der Waals surface area contributed by atoms with Gasteiger partial charge in [0.15, 0.2) is 5.75 Å². The second-order valence-electron chi connectivity index (χ2n) is 3.95. The average Bonchev–Trinajstić information content (AvgIpc) is 2.49. The molecule has 0 saturated heterocycles. The minimum absolute atomic E-state index is 0.110. The van der Waals surface area contributed by atoms with Crippen molar-refractivity contribution in [3.05, 3.63) is 54.1 Å². The van der Waals surface area contributed by atoms with E-state index in [1.165, 1.54) is 0 Å². The molecule has 0 radical (unpaired) electrons. The molecule has 100 valence electrons. The van der Waals surface area contributed by atoms with Crippen molar-refractivity contribution in [3.8, 4) is 23.8 Å². The molecule has 4 heteroatoms. The van der Waals surface area contributed by atoms with E-state index in [1.54, 1.807) is 30.3 Å². The number of carbonyl (C=O) groups is 1. The zero-order chi connectivity index (χ0) is 14.4. The highest BCUT2D eigenvalue weighted by molar-refractivity contribution is 6.29. The molecule has 2 aromatic rings. The fourth-order valence-electron chi connectivity index (χ4n) is 1.62. The Balaban J connectivity index is 2.24. The highest BCUT2D eigenvalue weighted by atomic mass is 35.5. The van der Waals surface area contributed by atoms with Crippen molar-refractivity contribution in [3.63, 3.8) is 0 Å². The minimum Gasteiger partial charge on any atom is -0.455 e. The average molecular weight is 286 g/mol. The lowest BCUT2D eigenvalue weighted by atomic mass is 10.2. The van der Waals surface area contributed by atoms with E-state index < -0.39 is 0 Å². The number of anilines is 1. The van der Waals surface area contributed by atoms with Crippen molar-refractivity contribution in [1.29, 1.82) is 0 Å². The van der Waals surface area contributed by atoms with Crippen LogP contribution in [0.5, 0.6) is 11.5 Å². The van der Waals surface area contributed by atoms with Crippen LogP contribution in [-0.2, 0) is 4.79 Å². The van der Waals surface area contributed by atoms with Crippen molar-refractivity contribution in [2.45, 2.75) is 0 Å². The maximum absolute atomic E-state index is 11.4. The highest BCUT2D eigenvalue weighted by Crippen LogP contribution is 2.29. The van der Waals surface area contributed by atoms with E-state index in [2.05, 4.69) is 11.2 Å². The Kier molecular flexibility index (Phi) is 4.65. The molecule has 20 heavy (non-hydrogen) atoms. The number of hydrogen-bond acceptors (Lipinski definition) is 2. The molecular formula is C16H12ClNO2. The number of para-hydroxylation sites is 2. The number of alkyl halides is 1. The molecule has 0 heterocycles. The first kappa shape index (κ1) is 14.0. The van der Waals surface area contributed by atoms with Crippen LogP contribution in [0.15, 0.2) is 48.5 Å². The lowest BCUT2D eigenvalue weighted by Crippen LogP contribution is -2.13. The molecule has 0 saturated carbocycles. The van der Waals surface area contributed by atoms with Gasteiger partial charge in [0.25, 0.3) is 0 Å². The number of ether oxygens (including phenoxy) is 1. The van der Waals surface area contributed by atoms with Gasteiger partial charge < -0.3 is 10.1 Å². The maximum Gasteiger partial charge on any atom is 0.239 e. The smallest absolute Gasteiger partial charge is 0.239 e. The lowest BCUT2D eigenvalue weighted by molar-refractivity contribution is -0.113. The van der Waals surface area contributed by atoms with Gasteiger partial charge >= 0.3 is 0 Å². The summed E-state index contributed by atoms with van der Waals surface area (Å²) in [6.45, 7) is 0. The number of nitrogens with one attached hydrogen (secondary N) is 1. The van der Waals surface area contributed by atoms with Gasteiger partial charge in [-0.05, 0) is 30.3 Å². The quantitative estimate of drug-likeness (QED) is 0.688. The fraction of sp³-hybridized carbons (Fsp3) is 0.0625. The molecule has 2 rings (SSSR count). The molecule has 0 aromatic heterocycles. The van der Waals surface area contributed by atoms with E-state index in [4.69, 9.17) is 22.8 Å². The topological polar surface area (TPSA) is 38.3 Å². The Morgan fingerprint density at radius 1 is 1.25 bits per heavy atom. The number of terminal acetylenes is 1. The molecule has 0 spiro atoms. The number of carbonyl (C=O) groups excluding carboxylic acids is 1. The van der Waals surface area contributed by atoms with Gasteiger partial charge in [0.05, 0.1) is 5.69 Å². The summed E-state index contributed by atoms with van der Waals surface area (Å²) in [6, 6.07) is 14.3. The third-order valence-electron chi connectivity index (χ3n) is 2.51. The van der Waals surface area contributed by atoms with Crippen LogP contribution in [0, 0.1) is 12.3 Å². The van der Waals surface area contributed by atoms with E-state index in [0.717, 1.165) is 5.56 Å². The standard InChI is InChI=1S/C16H12ClNO2/c1-2-12-6-5-7-13(10-12)20-15-9-4-3-8-14(15)18-16(19)11-17/h1,3-10H,11H2,(H,18,19). The van der Waals surface area contributed by atoms with Crippen LogP contribution >= 0.6 is 11.6 Å². The molecule has 2 aromatic carbocycles. The highest BCUT2D eigenvalue weighted by Gasteiger charge is 2.07. The van der Waals surface area contributed by atoms with Gasteiger partial charge in [-0.15, -0.1) is 18.0 Å². The molecule has 1 N–H and O–H groups in total. The first-order chi connectivity index (χ1) is 9.72. The minimum atomic E-state index is -0.292. The fourth-order valence-corrected chi connectivity index (χ4v) is 1.69. The summed E-state index contributed by atoms with van der Waals surface area (Å²) < 4.78 is 5.74. The van der Waals surface area contributed by atoms with Gasteiger partial charge in [-0.2, -0.15) is 0 Å². The third kappa shape index (κ3) is 3.53. The van der Waals surface area contributed by atoms with E-state index in [1.807, 2.05) is 18.2 Å². The van der Waals surface area contributed by atoms with Gasteiger partial charge in [-0.1, -0.05) is 24.1 Å². The molecule has 0 unspecified atom stereocenters. The first-order valence-electron chi connectivity index (χ1n) is 5.92. The van der Waals surface area contributed by atoms with Crippen LogP contribution in [-0.4, -0.2) is 11.8 Å². The van der Waals surface area contributed by atoms with E-state index in [0.29, 0.717) is 17.2 Å². The number of halogens is 1. The Labute approximate surface area is 122 Å². The molecule has 0 fully saturated rings. The molecule has 0 aliphatic carbocycles. The predicted molar refractivity (Wildman–Crippen MR) is 80.2 cm³/mol. The Morgan fingerprint density at radius 3 is 2.80 bits per heavy atom. The summed E-state index contributed by atoms with van der Waals surface area (Å²) >= 11 is 5.48. The van der Waals surface area contributed by atoms with E-state index >= 15 is 0 Å². The van der Waals surface area contributed by atoms with Gasteiger partial charge in [-0.3, -0.25) is 4.79 Å². The van der Waals surface area contributed by atoms with Crippen molar-refractivity contribution in [2.24, 2.45) is 0 Å². The molecule has 0 aliphatic rings. The normalized spacial score (nSPS) is 9.60. The van der Waals surface area contributed by atoms with Gasteiger partial charge in [0, 0.05) is 5.56 Å². The second-order valence-corrected chi connectivity index (χ2v) is 4.22. The molecule has 0 atom stereocenters. The van der Waals surface area contributed by atoms with Gasteiger partial charge in [0.2, 0.25) is 5.91 Å². The van der Waals surface area contributed by atoms with Crippen LogP contribution in [0.25, 0.3) is 0 Å². The van der Waals surface area contributed by atoms with Crippen molar-refractivity contribution < 1.29 is 9.53 Å². The van der Waals surface area contributed by atoms with Crippen molar-refractivity contribution >= 4 is 23.2 Å². The summed E-state index contributed by atoms with van der Waals surface area (Å²) in [6.07, 6.45) is 5.35. The Bertz CT molecular complexity index is 662. The van der Waals surface area contributed by atoms with Crippen LogP contribution in [0.1, 0.15) is 5.56 Å².